The van der Waals surface area contributed by atoms with Gasteiger partial charge in [-0.1, -0.05) is 22.0 Å². The molecule has 0 aliphatic rings. The highest BCUT2D eigenvalue weighted by Crippen LogP contribution is 2.25. The summed E-state index contributed by atoms with van der Waals surface area (Å²) in [5, 5.41) is 0. The number of hydrogen-bond donors (Lipinski definition) is 0. The summed E-state index contributed by atoms with van der Waals surface area (Å²) in [6.07, 6.45) is -0.154. The molecule has 0 spiro atoms. The first-order chi connectivity index (χ1) is 9.51. The largest absolute Gasteiger partial charge is 0.496 e. The topological polar surface area (TPSA) is 26.3 Å². The molecule has 0 aliphatic heterocycles. The number of Topliss-reactive ketones (excluding diaryl/α,β-unsaturated/α-hetero) is 1. The van der Waals surface area contributed by atoms with E-state index >= 15 is 0 Å². The number of carbonyl (C=O) groups is 1. The summed E-state index contributed by atoms with van der Waals surface area (Å²) in [6.45, 7) is 0. The molecule has 20 heavy (non-hydrogen) atoms. The number of methoxy groups -OCH3 is 1. The van der Waals surface area contributed by atoms with Gasteiger partial charge in [0.25, 0.3) is 0 Å². The van der Waals surface area contributed by atoms with Crippen LogP contribution in [-0.4, -0.2) is 12.9 Å². The summed E-state index contributed by atoms with van der Waals surface area (Å²) < 4.78 is 32.2. The van der Waals surface area contributed by atoms with E-state index in [0.717, 1.165) is 16.6 Å². The van der Waals surface area contributed by atoms with Crippen LogP contribution < -0.4 is 4.74 Å². The second kappa shape index (κ2) is 6.13. The zero-order valence-electron chi connectivity index (χ0n) is 10.6. The molecule has 0 fully saturated rings. The van der Waals surface area contributed by atoms with Crippen LogP contribution in [0.15, 0.2) is 40.9 Å². The maximum Gasteiger partial charge on any atom is 0.171 e. The van der Waals surface area contributed by atoms with Crippen molar-refractivity contribution in [3.8, 4) is 5.75 Å². The Balaban J connectivity index is 2.30. The minimum absolute atomic E-state index is 0.151. The van der Waals surface area contributed by atoms with Crippen LogP contribution in [-0.2, 0) is 6.42 Å². The van der Waals surface area contributed by atoms with Gasteiger partial charge in [-0.15, -0.1) is 0 Å². The van der Waals surface area contributed by atoms with E-state index in [1.807, 2.05) is 0 Å². The van der Waals surface area contributed by atoms with E-state index in [2.05, 4.69) is 15.9 Å². The smallest absolute Gasteiger partial charge is 0.171 e. The highest BCUT2D eigenvalue weighted by Gasteiger charge is 2.15. The van der Waals surface area contributed by atoms with E-state index in [-0.39, 0.29) is 17.8 Å². The number of halogens is 3. The first-order valence-corrected chi connectivity index (χ1v) is 6.61. The zero-order chi connectivity index (χ0) is 14.7. The van der Waals surface area contributed by atoms with Crippen molar-refractivity contribution < 1.29 is 18.3 Å². The minimum Gasteiger partial charge on any atom is -0.496 e. The van der Waals surface area contributed by atoms with Gasteiger partial charge in [0.15, 0.2) is 5.78 Å². The molecule has 2 nitrogen and oxygen atoms in total. The van der Waals surface area contributed by atoms with Crippen molar-refractivity contribution in [2.24, 2.45) is 0 Å². The molecule has 0 unspecified atom stereocenters. The Hall–Kier alpha value is -1.75. The third-order valence-electron chi connectivity index (χ3n) is 2.83. The van der Waals surface area contributed by atoms with Crippen LogP contribution in [0.1, 0.15) is 15.9 Å². The van der Waals surface area contributed by atoms with Gasteiger partial charge >= 0.3 is 0 Å². The number of benzene rings is 2. The van der Waals surface area contributed by atoms with Gasteiger partial charge in [-0.25, -0.2) is 8.78 Å². The maximum atomic E-state index is 13.6. The van der Waals surface area contributed by atoms with Crippen LogP contribution in [0.2, 0.25) is 0 Å². The van der Waals surface area contributed by atoms with Gasteiger partial charge < -0.3 is 4.74 Å². The van der Waals surface area contributed by atoms with Crippen molar-refractivity contribution in [1.82, 2.24) is 0 Å². The summed E-state index contributed by atoms with van der Waals surface area (Å²) in [7, 11) is 1.46. The van der Waals surface area contributed by atoms with Gasteiger partial charge in [0.2, 0.25) is 0 Å². The molecule has 0 radical (unpaired) electrons. The molecule has 0 heterocycles. The lowest BCUT2D eigenvalue weighted by molar-refractivity contribution is 0.0988. The van der Waals surface area contributed by atoms with Crippen molar-refractivity contribution in [2.75, 3.05) is 7.11 Å². The van der Waals surface area contributed by atoms with Crippen LogP contribution in [0.5, 0.6) is 5.75 Å². The molecule has 0 saturated carbocycles. The van der Waals surface area contributed by atoms with Gasteiger partial charge in [-0.05, 0) is 29.8 Å². The molecule has 2 rings (SSSR count). The zero-order valence-corrected chi connectivity index (χ0v) is 12.2. The first kappa shape index (κ1) is 14.7. The fourth-order valence-electron chi connectivity index (χ4n) is 1.83. The second-order valence-electron chi connectivity index (χ2n) is 4.18. The summed E-state index contributed by atoms with van der Waals surface area (Å²) in [4.78, 5) is 12.2. The normalized spacial score (nSPS) is 10.4. The van der Waals surface area contributed by atoms with E-state index in [0.29, 0.717) is 11.3 Å². The molecule has 2 aromatic carbocycles. The number of carbonyl (C=O) groups excluding carboxylic acids is 1. The van der Waals surface area contributed by atoms with Gasteiger partial charge in [0.1, 0.15) is 17.4 Å². The summed E-state index contributed by atoms with van der Waals surface area (Å²) in [6, 6.07) is 8.17. The molecule has 0 N–H and O–H groups in total. The van der Waals surface area contributed by atoms with Gasteiger partial charge in [0.05, 0.1) is 12.7 Å². The minimum atomic E-state index is -0.729. The number of hydrogen-bond acceptors (Lipinski definition) is 2. The Kier molecular flexibility index (Phi) is 4.49. The molecule has 0 aliphatic carbocycles. The molecule has 0 saturated heterocycles. The highest BCUT2D eigenvalue weighted by atomic mass is 79.9. The van der Waals surface area contributed by atoms with E-state index in [9.17, 15) is 13.6 Å². The predicted molar refractivity (Wildman–Crippen MR) is 75.1 cm³/mol. The van der Waals surface area contributed by atoms with Gasteiger partial charge in [-0.2, -0.15) is 0 Å². The van der Waals surface area contributed by atoms with Crippen LogP contribution in [0.4, 0.5) is 8.78 Å². The molecule has 2 aromatic rings. The lowest BCUT2D eigenvalue weighted by atomic mass is 10.0. The fraction of sp³-hybridized carbons (Fsp3) is 0.133. The molecule has 0 bridgehead atoms. The summed E-state index contributed by atoms with van der Waals surface area (Å²) in [5.74, 6) is -1.28. The highest BCUT2D eigenvalue weighted by molar-refractivity contribution is 9.10. The Bertz CT molecular complexity index is 656. The van der Waals surface area contributed by atoms with E-state index < -0.39 is 11.6 Å². The lowest BCUT2D eigenvalue weighted by Gasteiger charge is -2.08. The second-order valence-corrected chi connectivity index (χ2v) is 5.10. The van der Waals surface area contributed by atoms with E-state index in [1.54, 1.807) is 18.2 Å². The third-order valence-corrected chi connectivity index (χ3v) is 3.32. The SMILES string of the molecule is COc1ccc(Br)cc1C(=O)Cc1ccc(F)cc1F. The van der Waals surface area contributed by atoms with Crippen LogP contribution in [0.3, 0.4) is 0 Å². The molecule has 0 aromatic heterocycles. The van der Waals surface area contributed by atoms with E-state index in [4.69, 9.17) is 4.74 Å². The summed E-state index contributed by atoms with van der Waals surface area (Å²) in [5.41, 5.74) is 0.504. The Morgan fingerprint density at radius 1 is 1.20 bits per heavy atom. The molecular formula is C15H11BrF2O2. The van der Waals surface area contributed by atoms with Crippen LogP contribution >= 0.6 is 15.9 Å². The Morgan fingerprint density at radius 3 is 2.60 bits per heavy atom. The van der Waals surface area contributed by atoms with E-state index in [1.165, 1.54) is 13.2 Å². The first-order valence-electron chi connectivity index (χ1n) is 5.82. The Morgan fingerprint density at radius 2 is 1.95 bits per heavy atom. The molecule has 0 atom stereocenters. The fourth-order valence-corrected chi connectivity index (χ4v) is 2.19. The van der Waals surface area contributed by atoms with Crippen molar-refractivity contribution in [3.05, 3.63) is 63.6 Å². The van der Waals surface area contributed by atoms with Crippen molar-refractivity contribution in [3.63, 3.8) is 0 Å². The van der Waals surface area contributed by atoms with Crippen molar-refractivity contribution in [2.45, 2.75) is 6.42 Å². The third kappa shape index (κ3) is 3.22. The van der Waals surface area contributed by atoms with Crippen LogP contribution in [0, 0.1) is 11.6 Å². The van der Waals surface area contributed by atoms with Gasteiger partial charge in [0, 0.05) is 17.0 Å². The maximum absolute atomic E-state index is 13.6. The molecular weight excluding hydrogens is 330 g/mol. The van der Waals surface area contributed by atoms with Crippen molar-refractivity contribution >= 4 is 21.7 Å². The van der Waals surface area contributed by atoms with Gasteiger partial charge in [-0.3, -0.25) is 4.79 Å². The van der Waals surface area contributed by atoms with Crippen LogP contribution in [0.25, 0.3) is 0 Å². The monoisotopic (exact) mass is 340 g/mol. The average Bonchev–Trinajstić information content (AvgIpc) is 2.41. The Labute approximate surface area is 123 Å². The molecule has 5 heteroatoms. The number of ether oxygens (including phenoxy) is 1. The quantitative estimate of drug-likeness (QED) is 0.781. The number of ketones is 1. The predicted octanol–water partition coefficient (Wildman–Crippen LogP) is 4.16. The molecule has 104 valence electrons. The molecule has 0 amide bonds. The van der Waals surface area contributed by atoms with Crippen molar-refractivity contribution in [1.29, 1.82) is 0 Å². The average molecular weight is 341 g/mol. The standard InChI is InChI=1S/C15H11BrF2O2/c1-20-15-5-3-10(16)7-12(15)14(19)6-9-2-4-11(17)8-13(9)18/h2-5,7-8H,6H2,1H3. The number of rotatable bonds is 4. The lowest BCUT2D eigenvalue weighted by Crippen LogP contribution is -2.07. The summed E-state index contributed by atoms with van der Waals surface area (Å²) >= 11 is 3.27.